The average Bonchev–Trinajstić information content (AvgIpc) is 2.27. The maximum absolute atomic E-state index is 12.5. The number of carbonyl (C=O) groups excluding carboxylic acids is 2. The number of hydrogen-bond acceptors (Lipinski definition) is 3. The number of hydrogen-bond donors (Lipinski definition) is 0. The second-order valence-corrected chi connectivity index (χ2v) is 3.60. The van der Waals surface area contributed by atoms with Crippen LogP contribution in [0.15, 0.2) is 24.3 Å². The molecule has 1 aromatic carbocycles. The van der Waals surface area contributed by atoms with Crippen molar-refractivity contribution in [3.05, 3.63) is 35.4 Å². The number of esters is 1. The van der Waals surface area contributed by atoms with Gasteiger partial charge in [-0.05, 0) is 30.7 Å². The fraction of sp³-hybridized carbons (Fsp3) is 0.273. The minimum atomic E-state index is -3.94. The summed E-state index contributed by atoms with van der Waals surface area (Å²) in [5, 5.41) is -3.94. The van der Waals surface area contributed by atoms with Crippen molar-refractivity contribution in [1.29, 1.82) is 0 Å². The average molecular weight is 263 g/mol. The summed E-state index contributed by atoms with van der Waals surface area (Å²) in [4.78, 5) is 22.3. The summed E-state index contributed by atoms with van der Waals surface area (Å²) in [5.74, 6) is -2.08. The van der Waals surface area contributed by atoms with E-state index < -0.39 is 17.1 Å². The Labute approximate surface area is 101 Å². The van der Waals surface area contributed by atoms with Crippen molar-refractivity contribution >= 4 is 23.4 Å². The highest BCUT2D eigenvalue weighted by molar-refractivity contribution is 6.35. The van der Waals surface area contributed by atoms with Gasteiger partial charge in [-0.3, -0.25) is 4.79 Å². The standard InChI is InChI=1S/C11H9ClF2O3/c1-2-17-10(16)8-5-3-7(4-6-8)9(15)11(12,13)14/h3-6H,2H2,1H3. The highest BCUT2D eigenvalue weighted by Gasteiger charge is 2.36. The molecule has 17 heavy (non-hydrogen) atoms. The highest BCUT2D eigenvalue weighted by atomic mass is 35.5. The van der Waals surface area contributed by atoms with Crippen LogP contribution in [0.2, 0.25) is 0 Å². The van der Waals surface area contributed by atoms with Gasteiger partial charge >= 0.3 is 11.4 Å². The lowest BCUT2D eigenvalue weighted by Crippen LogP contribution is -2.21. The van der Waals surface area contributed by atoms with Crippen molar-refractivity contribution in [2.45, 2.75) is 12.3 Å². The normalized spacial score (nSPS) is 11.1. The third-order valence-electron chi connectivity index (χ3n) is 1.92. The van der Waals surface area contributed by atoms with Crippen molar-refractivity contribution in [2.75, 3.05) is 6.61 Å². The van der Waals surface area contributed by atoms with E-state index in [1.54, 1.807) is 6.92 Å². The first kappa shape index (κ1) is 13.6. The van der Waals surface area contributed by atoms with Crippen molar-refractivity contribution in [3.8, 4) is 0 Å². The number of ether oxygens (including phenoxy) is 1. The molecule has 0 saturated carbocycles. The third-order valence-corrected chi connectivity index (χ3v) is 2.09. The molecule has 0 aromatic heterocycles. The third kappa shape index (κ3) is 3.49. The molecule has 92 valence electrons. The lowest BCUT2D eigenvalue weighted by Gasteiger charge is -2.07. The second kappa shape index (κ2) is 5.23. The van der Waals surface area contributed by atoms with Crippen LogP contribution in [0.25, 0.3) is 0 Å². The van der Waals surface area contributed by atoms with Crippen molar-refractivity contribution in [1.82, 2.24) is 0 Å². The zero-order valence-electron chi connectivity index (χ0n) is 8.88. The molecular formula is C11H9ClF2O3. The Morgan fingerprint density at radius 2 is 1.71 bits per heavy atom. The van der Waals surface area contributed by atoms with E-state index in [0.717, 1.165) is 12.1 Å². The SMILES string of the molecule is CCOC(=O)c1ccc(C(=O)C(F)(F)Cl)cc1. The van der Waals surface area contributed by atoms with Gasteiger partial charge in [0.05, 0.1) is 12.2 Å². The molecule has 0 heterocycles. The Balaban J connectivity index is 2.89. The van der Waals surface area contributed by atoms with Gasteiger partial charge in [-0.1, -0.05) is 12.1 Å². The maximum atomic E-state index is 12.5. The Bertz CT molecular complexity index is 423. The van der Waals surface area contributed by atoms with E-state index in [2.05, 4.69) is 11.6 Å². The van der Waals surface area contributed by atoms with Gasteiger partial charge in [0.15, 0.2) is 0 Å². The smallest absolute Gasteiger partial charge is 0.384 e. The Kier molecular flexibility index (Phi) is 4.17. The highest BCUT2D eigenvalue weighted by Crippen LogP contribution is 2.24. The molecule has 1 rings (SSSR count). The number of benzene rings is 1. The topological polar surface area (TPSA) is 43.4 Å². The molecule has 0 N–H and O–H groups in total. The number of carbonyl (C=O) groups is 2. The molecule has 0 radical (unpaired) electrons. The van der Waals surface area contributed by atoms with Gasteiger partial charge in [-0.2, -0.15) is 8.78 Å². The predicted molar refractivity (Wildman–Crippen MR) is 57.5 cm³/mol. The van der Waals surface area contributed by atoms with Crippen molar-refractivity contribution < 1.29 is 23.1 Å². The van der Waals surface area contributed by atoms with E-state index >= 15 is 0 Å². The minimum absolute atomic E-state index is 0.182. The minimum Gasteiger partial charge on any atom is -0.462 e. The van der Waals surface area contributed by atoms with Crippen LogP contribution in [-0.2, 0) is 4.74 Å². The predicted octanol–water partition coefficient (Wildman–Crippen LogP) is 2.88. The molecule has 0 aliphatic heterocycles. The summed E-state index contributed by atoms with van der Waals surface area (Å²) in [5.41, 5.74) is -0.0839. The van der Waals surface area contributed by atoms with Crippen LogP contribution < -0.4 is 0 Å². The number of halogens is 3. The van der Waals surface area contributed by atoms with Crippen LogP contribution >= 0.6 is 11.6 Å². The fourth-order valence-electron chi connectivity index (χ4n) is 1.14. The molecule has 0 unspecified atom stereocenters. The summed E-state index contributed by atoms with van der Waals surface area (Å²) in [6.07, 6.45) is 0. The van der Waals surface area contributed by atoms with Crippen LogP contribution in [0.3, 0.4) is 0 Å². The summed E-state index contributed by atoms with van der Waals surface area (Å²) in [6, 6.07) is 4.66. The van der Waals surface area contributed by atoms with E-state index in [1.807, 2.05) is 0 Å². The van der Waals surface area contributed by atoms with Crippen LogP contribution in [0.5, 0.6) is 0 Å². The van der Waals surface area contributed by atoms with Crippen LogP contribution in [0, 0.1) is 0 Å². The van der Waals surface area contributed by atoms with Gasteiger partial charge < -0.3 is 4.74 Å². The molecule has 0 aliphatic rings. The number of rotatable bonds is 4. The monoisotopic (exact) mass is 262 g/mol. The summed E-state index contributed by atoms with van der Waals surface area (Å²) < 4.78 is 29.7. The molecule has 0 saturated heterocycles. The summed E-state index contributed by atoms with van der Waals surface area (Å²) in [7, 11) is 0. The van der Waals surface area contributed by atoms with E-state index in [9.17, 15) is 18.4 Å². The summed E-state index contributed by atoms with van der Waals surface area (Å²) in [6.45, 7) is 1.85. The molecule has 0 bridgehead atoms. The summed E-state index contributed by atoms with van der Waals surface area (Å²) >= 11 is 4.60. The second-order valence-electron chi connectivity index (χ2n) is 3.12. The Morgan fingerprint density at radius 1 is 1.24 bits per heavy atom. The van der Waals surface area contributed by atoms with Gasteiger partial charge in [0, 0.05) is 5.56 Å². The first-order valence-electron chi connectivity index (χ1n) is 4.75. The quantitative estimate of drug-likeness (QED) is 0.476. The number of Topliss-reactive ketones (excluding diaryl/α,β-unsaturated/α-hetero) is 1. The van der Waals surface area contributed by atoms with E-state index in [-0.39, 0.29) is 17.7 Å². The zero-order chi connectivity index (χ0) is 13.1. The Hall–Kier alpha value is -1.49. The van der Waals surface area contributed by atoms with Crippen molar-refractivity contribution in [3.63, 3.8) is 0 Å². The molecule has 0 amide bonds. The van der Waals surface area contributed by atoms with Gasteiger partial charge in [0.1, 0.15) is 0 Å². The lowest BCUT2D eigenvalue weighted by atomic mass is 10.1. The molecule has 6 heteroatoms. The largest absolute Gasteiger partial charge is 0.462 e. The first-order valence-corrected chi connectivity index (χ1v) is 5.12. The van der Waals surface area contributed by atoms with E-state index in [4.69, 9.17) is 4.74 Å². The van der Waals surface area contributed by atoms with Crippen LogP contribution in [0.4, 0.5) is 8.78 Å². The fourth-order valence-corrected chi connectivity index (χ4v) is 1.24. The molecule has 3 nitrogen and oxygen atoms in total. The molecule has 0 spiro atoms. The molecule has 1 aromatic rings. The van der Waals surface area contributed by atoms with Gasteiger partial charge in [0.2, 0.25) is 5.78 Å². The number of alkyl halides is 3. The van der Waals surface area contributed by atoms with Crippen LogP contribution in [0.1, 0.15) is 27.6 Å². The van der Waals surface area contributed by atoms with Gasteiger partial charge in [0.25, 0.3) is 0 Å². The first-order chi connectivity index (χ1) is 7.86. The molecule has 0 atom stereocenters. The molecule has 0 aliphatic carbocycles. The van der Waals surface area contributed by atoms with Gasteiger partial charge in [-0.25, -0.2) is 4.79 Å². The maximum Gasteiger partial charge on any atom is 0.384 e. The van der Waals surface area contributed by atoms with E-state index in [1.165, 1.54) is 12.1 Å². The van der Waals surface area contributed by atoms with Crippen LogP contribution in [-0.4, -0.2) is 23.7 Å². The molecule has 0 fully saturated rings. The number of ketones is 1. The van der Waals surface area contributed by atoms with Gasteiger partial charge in [-0.15, -0.1) is 0 Å². The van der Waals surface area contributed by atoms with E-state index in [0.29, 0.717) is 0 Å². The van der Waals surface area contributed by atoms with Crippen molar-refractivity contribution in [2.24, 2.45) is 0 Å². The Morgan fingerprint density at radius 3 is 2.12 bits per heavy atom. The lowest BCUT2D eigenvalue weighted by molar-refractivity contribution is 0.0522. The zero-order valence-corrected chi connectivity index (χ0v) is 9.63. The molecular weight excluding hydrogens is 254 g/mol.